The first-order valence-electron chi connectivity index (χ1n) is 14.4. The molecule has 0 amide bonds. The zero-order valence-corrected chi connectivity index (χ0v) is 36.1. The second-order valence-electron chi connectivity index (χ2n) is 13.0. The number of benzene rings is 2. The third-order valence-corrected chi connectivity index (χ3v) is 13.6. The van der Waals surface area contributed by atoms with Gasteiger partial charge in [-0.25, -0.2) is 9.59 Å². The van der Waals surface area contributed by atoms with Crippen LogP contribution in [0, 0.1) is 7.40 Å². The van der Waals surface area contributed by atoms with Crippen LogP contribution >= 0.6 is 77.0 Å². The Morgan fingerprint density at radius 2 is 1.16 bits per heavy atom. The quantitative estimate of drug-likeness (QED) is 0.0658. The summed E-state index contributed by atoms with van der Waals surface area (Å²) in [6.45, 7) is 16.2. The lowest BCUT2D eigenvalue weighted by molar-refractivity contribution is 0.0599. The summed E-state index contributed by atoms with van der Waals surface area (Å²) in [7, 11) is -0.828. The summed E-state index contributed by atoms with van der Waals surface area (Å²) in [5.74, 6) is -1.25. The van der Waals surface area contributed by atoms with Gasteiger partial charge in [-0.05, 0) is 93.7 Å². The van der Waals surface area contributed by atoms with Gasteiger partial charge in [0.1, 0.15) is 13.5 Å². The van der Waals surface area contributed by atoms with Crippen molar-refractivity contribution in [3.05, 3.63) is 63.9 Å². The first kappa shape index (κ1) is 38.7. The number of carboxylic acids is 1. The Bertz CT molecular complexity index is 1680. The number of hydrogen-bond donors (Lipinski definition) is 1. The maximum absolute atomic E-state index is 12.1. The summed E-state index contributed by atoms with van der Waals surface area (Å²) in [4.78, 5) is 23.6. The maximum atomic E-state index is 12.1. The molecular formula is C31H40Br2I2N2O6Si2. The van der Waals surface area contributed by atoms with Gasteiger partial charge in [-0.2, -0.15) is 0 Å². The van der Waals surface area contributed by atoms with Crippen LogP contribution in [-0.2, 0) is 27.7 Å². The van der Waals surface area contributed by atoms with Crippen molar-refractivity contribution in [3.63, 3.8) is 0 Å². The van der Waals surface area contributed by atoms with E-state index < -0.39 is 22.1 Å². The van der Waals surface area contributed by atoms with Gasteiger partial charge < -0.3 is 28.5 Å². The Balaban J connectivity index is 0.000000246. The molecule has 0 saturated heterocycles. The highest BCUT2D eigenvalue weighted by Gasteiger charge is 2.20. The Hall–Kier alpha value is -0.766. The molecule has 45 heavy (non-hydrogen) atoms. The minimum Gasteiger partial charge on any atom is -0.478 e. The zero-order valence-electron chi connectivity index (χ0n) is 26.6. The molecule has 246 valence electrons. The van der Waals surface area contributed by atoms with Gasteiger partial charge in [-0.1, -0.05) is 71.1 Å². The predicted molar refractivity (Wildman–Crippen MR) is 211 cm³/mol. The van der Waals surface area contributed by atoms with Crippen LogP contribution in [0.4, 0.5) is 0 Å². The van der Waals surface area contributed by atoms with Gasteiger partial charge in [0, 0.05) is 49.1 Å². The van der Waals surface area contributed by atoms with E-state index in [9.17, 15) is 14.7 Å². The molecule has 8 nitrogen and oxygen atoms in total. The Morgan fingerprint density at radius 3 is 1.53 bits per heavy atom. The number of rotatable bonds is 12. The van der Waals surface area contributed by atoms with E-state index in [0.717, 1.165) is 51.3 Å². The number of nitrogens with zero attached hydrogens (tertiary/aromatic N) is 2. The van der Waals surface area contributed by atoms with Crippen LogP contribution in [0.3, 0.4) is 0 Å². The lowest BCUT2D eigenvalue weighted by atomic mass is 10.1. The number of aromatic carboxylic acids is 1. The van der Waals surface area contributed by atoms with E-state index in [1.165, 1.54) is 7.11 Å². The van der Waals surface area contributed by atoms with Crippen molar-refractivity contribution in [1.82, 2.24) is 9.13 Å². The van der Waals surface area contributed by atoms with Crippen LogP contribution in [0.5, 0.6) is 0 Å². The van der Waals surface area contributed by atoms with E-state index in [2.05, 4.69) is 116 Å². The molecule has 0 aliphatic rings. The molecule has 0 atom stereocenters. The number of hydrogen-bond acceptors (Lipinski definition) is 5. The Morgan fingerprint density at radius 1 is 0.756 bits per heavy atom. The van der Waals surface area contributed by atoms with Crippen LogP contribution in [-0.4, -0.2) is 62.7 Å². The largest absolute Gasteiger partial charge is 0.478 e. The lowest BCUT2D eigenvalue weighted by Crippen LogP contribution is -2.22. The monoisotopic (exact) mass is 1000 g/mol. The highest BCUT2D eigenvalue weighted by molar-refractivity contribution is 14.1. The number of ether oxygens (including phenoxy) is 3. The minimum atomic E-state index is -1.12. The van der Waals surface area contributed by atoms with Gasteiger partial charge in [0.05, 0.1) is 36.7 Å². The zero-order chi connectivity index (χ0) is 33.7. The molecule has 0 bridgehead atoms. The van der Waals surface area contributed by atoms with Gasteiger partial charge in [-0.3, -0.25) is 0 Å². The van der Waals surface area contributed by atoms with Crippen molar-refractivity contribution in [1.29, 1.82) is 0 Å². The number of carbonyl (C=O) groups excluding carboxylic acids is 1. The summed E-state index contributed by atoms with van der Waals surface area (Å²) in [5, 5.41) is 11.3. The van der Waals surface area contributed by atoms with Crippen molar-refractivity contribution < 1.29 is 28.9 Å². The molecule has 0 aliphatic heterocycles. The molecule has 0 radical (unpaired) electrons. The topological polar surface area (TPSA) is 91.9 Å². The number of methoxy groups -OCH3 is 1. The molecule has 4 rings (SSSR count). The van der Waals surface area contributed by atoms with Crippen LogP contribution in [0.2, 0.25) is 51.4 Å². The number of carboxylic acid groups (broad SMARTS) is 1. The van der Waals surface area contributed by atoms with Crippen molar-refractivity contribution in [3.8, 4) is 0 Å². The normalized spacial score (nSPS) is 12.0. The summed E-state index contributed by atoms with van der Waals surface area (Å²) in [6.07, 6.45) is 0. The fraction of sp³-hybridized carbons (Fsp3) is 0.419. The molecule has 2 aromatic carbocycles. The second-order valence-corrected chi connectivity index (χ2v) is 28.2. The van der Waals surface area contributed by atoms with E-state index in [1.807, 2.05) is 27.3 Å². The highest BCUT2D eigenvalue weighted by atomic mass is 127. The third-order valence-electron chi connectivity index (χ3n) is 6.98. The molecule has 2 aromatic heterocycles. The number of aromatic nitrogens is 2. The van der Waals surface area contributed by atoms with Crippen molar-refractivity contribution in [2.24, 2.45) is 0 Å². The number of esters is 1. The molecule has 0 unspecified atom stereocenters. The van der Waals surface area contributed by atoms with Gasteiger partial charge in [-0.15, -0.1) is 0 Å². The second kappa shape index (κ2) is 16.6. The molecule has 2 heterocycles. The molecule has 4 aromatic rings. The first-order valence-corrected chi connectivity index (χ1v) is 25.5. The summed E-state index contributed by atoms with van der Waals surface area (Å²) in [5.41, 5.74) is 2.42. The first-order chi connectivity index (χ1) is 20.9. The molecule has 0 spiro atoms. The Kier molecular flexibility index (Phi) is 14.2. The molecule has 14 heteroatoms. The predicted octanol–water partition coefficient (Wildman–Crippen LogP) is 10.1. The van der Waals surface area contributed by atoms with E-state index in [1.54, 1.807) is 18.2 Å². The van der Waals surface area contributed by atoms with Crippen LogP contribution in [0.1, 0.15) is 20.7 Å². The molecule has 0 saturated carbocycles. The van der Waals surface area contributed by atoms with Gasteiger partial charge >= 0.3 is 11.9 Å². The third kappa shape index (κ3) is 10.6. The van der Waals surface area contributed by atoms with Gasteiger partial charge in [0.2, 0.25) is 0 Å². The van der Waals surface area contributed by atoms with Gasteiger partial charge in [0.25, 0.3) is 0 Å². The SMILES string of the molecule is COC(=O)c1ccc(Br)c2cc(I)n(COCC[Si](C)(C)C)c12.C[Si](C)(C)CCOCn1c(I)cc2c(Br)ccc(C(=O)O)c21. The van der Waals surface area contributed by atoms with Crippen molar-refractivity contribution >= 4 is 127 Å². The van der Waals surface area contributed by atoms with Crippen molar-refractivity contribution in [2.75, 3.05) is 20.3 Å². The van der Waals surface area contributed by atoms with Crippen LogP contribution < -0.4 is 0 Å². The van der Waals surface area contributed by atoms with Crippen LogP contribution in [0.25, 0.3) is 21.8 Å². The fourth-order valence-electron chi connectivity index (χ4n) is 4.40. The average molecular weight is 1010 g/mol. The minimum absolute atomic E-state index is 0.301. The number of carbonyl (C=O) groups is 2. The van der Waals surface area contributed by atoms with E-state index in [-0.39, 0.29) is 5.97 Å². The summed E-state index contributed by atoms with van der Waals surface area (Å²) in [6, 6.07) is 13.3. The van der Waals surface area contributed by atoms with Gasteiger partial charge in [0.15, 0.2) is 0 Å². The van der Waals surface area contributed by atoms with E-state index >= 15 is 0 Å². The highest BCUT2D eigenvalue weighted by Crippen LogP contribution is 2.33. The molecule has 0 fully saturated rings. The molecular weight excluding hydrogens is 966 g/mol. The molecule has 1 N–H and O–H groups in total. The maximum Gasteiger partial charge on any atom is 0.340 e. The smallest absolute Gasteiger partial charge is 0.340 e. The van der Waals surface area contributed by atoms with Crippen molar-refractivity contribution in [2.45, 2.75) is 64.8 Å². The summed E-state index contributed by atoms with van der Waals surface area (Å²) < 4.78 is 24.4. The standard InChI is InChI=1S/C16H21BrINO3Si.C15H19BrINO3Si/c1-21-16(20)11-5-6-13(17)12-9-14(18)19(15(11)12)10-22-7-8-23(2,3)4;1-22(2,3)7-6-21-9-18-13(17)8-11-12(16)5-4-10(14(11)18)15(19)20/h5-6,9H,7-8,10H2,1-4H3;4-5,8H,6-7,9H2,1-3H3,(H,19,20). The van der Waals surface area contributed by atoms with Crippen LogP contribution in [0.15, 0.2) is 45.3 Å². The Labute approximate surface area is 311 Å². The average Bonchev–Trinajstić information content (AvgIpc) is 3.45. The number of fused-ring (bicyclic) bond motifs is 2. The fourth-order valence-corrected chi connectivity index (χ4v) is 8.16. The lowest BCUT2D eigenvalue weighted by Gasteiger charge is -2.16. The molecule has 0 aliphatic carbocycles. The van der Waals surface area contributed by atoms with E-state index in [0.29, 0.717) is 36.7 Å². The summed E-state index contributed by atoms with van der Waals surface area (Å²) >= 11 is 11.5. The number of halogens is 4. The van der Waals surface area contributed by atoms with E-state index in [4.69, 9.17) is 14.2 Å².